The van der Waals surface area contributed by atoms with Gasteiger partial charge in [-0.05, 0) is 96.8 Å². The molecular weight excluding hydrogens is 605 g/mol. The lowest BCUT2D eigenvalue weighted by Gasteiger charge is -2.16. The van der Waals surface area contributed by atoms with Crippen LogP contribution in [0.2, 0.25) is 15.1 Å². The van der Waals surface area contributed by atoms with E-state index >= 15 is 0 Å². The minimum Gasteiger partial charge on any atom is -0.497 e. The van der Waals surface area contributed by atoms with Crippen molar-refractivity contribution in [3.05, 3.63) is 127 Å². The third-order valence-electron chi connectivity index (χ3n) is 7.43. The maximum absolute atomic E-state index is 13.6. The highest BCUT2D eigenvalue weighted by atomic mass is 35.5. The molecular formula is C34H26Cl3N3O3. The summed E-state index contributed by atoms with van der Waals surface area (Å²) >= 11 is 18.7. The molecule has 6 nitrogen and oxygen atoms in total. The van der Waals surface area contributed by atoms with Crippen molar-refractivity contribution in [2.45, 2.75) is 26.2 Å². The van der Waals surface area contributed by atoms with Crippen molar-refractivity contribution in [2.75, 3.05) is 12.4 Å². The molecule has 0 saturated carbocycles. The summed E-state index contributed by atoms with van der Waals surface area (Å²) in [7, 11) is 1.57. The van der Waals surface area contributed by atoms with E-state index < -0.39 is 5.92 Å². The number of carbonyl (C=O) groups is 2. The highest BCUT2D eigenvalue weighted by molar-refractivity contribution is 6.32. The van der Waals surface area contributed by atoms with E-state index in [-0.39, 0.29) is 18.2 Å². The quantitative estimate of drug-likeness (QED) is 0.195. The molecule has 0 saturated heterocycles. The summed E-state index contributed by atoms with van der Waals surface area (Å²) in [5.41, 5.74) is 5.15. The van der Waals surface area contributed by atoms with Crippen LogP contribution in [0.25, 0.3) is 10.9 Å². The van der Waals surface area contributed by atoms with Crippen LogP contribution in [0.1, 0.15) is 44.2 Å². The number of carbonyl (C=O) groups excluding carboxylic acids is 2. The molecule has 1 amide bonds. The Bertz CT molecular complexity index is 1910. The van der Waals surface area contributed by atoms with Gasteiger partial charge in [0.2, 0.25) is 5.91 Å². The third-order valence-corrected chi connectivity index (χ3v) is 8.27. The zero-order valence-electron chi connectivity index (χ0n) is 23.5. The zero-order valence-corrected chi connectivity index (χ0v) is 25.8. The number of amides is 1. The number of nitriles is 1. The number of benzene rings is 4. The van der Waals surface area contributed by atoms with Crippen LogP contribution in [0, 0.1) is 25.2 Å². The van der Waals surface area contributed by atoms with E-state index in [0.29, 0.717) is 54.4 Å². The number of halogens is 3. The minimum absolute atomic E-state index is 0.000798. The second kappa shape index (κ2) is 12.5. The molecule has 216 valence electrons. The maximum Gasteiger partial charge on any atom is 0.262 e. The summed E-state index contributed by atoms with van der Waals surface area (Å²) in [6, 6.07) is 24.9. The van der Waals surface area contributed by atoms with Crippen molar-refractivity contribution in [3.8, 4) is 11.8 Å². The average molecular weight is 631 g/mol. The van der Waals surface area contributed by atoms with Crippen LogP contribution in [0.4, 0.5) is 5.69 Å². The van der Waals surface area contributed by atoms with Gasteiger partial charge in [0.25, 0.3) is 5.91 Å². The number of nitrogens with zero attached hydrogens (tertiary/aromatic N) is 2. The number of aryl methyl sites for hydroxylation is 1. The average Bonchev–Trinajstić information content (AvgIpc) is 3.26. The monoisotopic (exact) mass is 629 g/mol. The first-order valence-electron chi connectivity index (χ1n) is 13.3. The first-order chi connectivity index (χ1) is 20.6. The van der Waals surface area contributed by atoms with E-state index in [1.165, 1.54) is 0 Å². The van der Waals surface area contributed by atoms with Gasteiger partial charge in [0.05, 0.1) is 31.0 Å². The number of hydrogen-bond donors (Lipinski definition) is 1. The fourth-order valence-corrected chi connectivity index (χ4v) is 5.71. The molecule has 1 N–H and O–H groups in total. The first-order valence-corrected chi connectivity index (χ1v) is 14.5. The van der Waals surface area contributed by atoms with Crippen LogP contribution in [0.3, 0.4) is 0 Å². The fraction of sp³-hybridized carbons (Fsp3) is 0.147. The zero-order chi connectivity index (χ0) is 30.8. The summed E-state index contributed by atoms with van der Waals surface area (Å²) in [6.07, 6.45) is 0.000798. The van der Waals surface area contributed by atoms with Gasteiger partial charge in [0.15, 0.2) is 0 Å². The summed E-state index contributed by atoms with van der Waals surface area (Å²) < 4.78 is 7.05. The van der Waals surface area contributed by atoms with Crippen LogP contribution in [-0.2, 0) is 11.2 Å². The molecule has 5 aromatic rings. The van der Waals surface area contributed by atoms with Gasteiger partial charge in [-0.2, -0.15) is 5.26 Å². The van der Waals surface area contributed by atoms with E-state index in [1.54, 1.807) is 72.3 Å². The van der Waals surface area contributed by atoms with Gasteiger partial charge in [0.1, 0.15) is 5.75 Å². The molecule has 0 spiro atoms. The van der Waals surface area contributed by atoms with E-state index in [9.17, 15) is 14.9 Å². The number of ether oxygens (including phenoxy) is 1. The smallest absolute Gasteiger partial charge is 0.262 e. The van der Waals surface area contributed by atoms with Gasteiger partial charge in [0, 0.05) is 37.4 Å². The molecule has 4 aromatic carbocycles. The molecule has 0 aliphatic heterocycles. The number of rotatable bonds is 7. The van der Waals surface area contributed by atoms with Crippen molar-refractivity contribution in [1.82, 2.24) is 4.57 Å². The predicted molar refractivity (Wildman–Crippen MR) is 172 cm³/mol. The molecule has 1 atom stereocenters. The van der Waals surface area contributed by atoms with Crippen LogP contribution in [-0.4, -0.2) is 23.5 Å². The summed E-state index contributed by atoms with van der Waals surface area (Å²) in [5.74, 6) is -0.515. The number of nitrogens with one attached hydrogen (secondary N) is 1. The van der Waals surface area contributed by atoms with Gasteiger partial charge in [-0.15, -0.1) is 0 Å². The van der Waals surface area contributed by atoms with Crippen molar-refractivity contribution in [1.29, 1.82) is 5.26 Å². The molecule has 1 heterocycles. The summed E-state index contributed by atoms with van der Waals surface area (Å²) in [6.45, 7) is 3.66. The van der Waals surface area contributed by atoms with E-state index in [0.717, 1.165) is 16.5 Å². The van der Waals surface area contributed by atoms with Gasteiger partial charge < -0.3 is 10.1 Å². The largest absolute Gasteiger partial charge is 0.497 e. The van der Waals surface area contributed by atoms with Crippen molar-refractivity contribution >= 4 is 63.2 Å². The number of anilines is 1. The predicted octanol–water partition coefficient (Wildman–Crippen LogP) is 8.75. The number of hydrogen-bond acceptors (Lipinski definition) is 4. The molecule has 9 heteroatoms. The Labute approximate surface area is 264 Å². The Morgan fingerprint density at radius 3 is 2.21 bits per heavy atom. The summed E-state index contributed by atoms with van der Waals surface area (Å²) in [5, 5.41) is 15.1. The minimum atomic E-state index is -0.602. The standard InChI is InChI=1S/C34H26Cl3N3O3/c1-19-14-27(29(18-38)21-4-8-23(35)9-5-21)30(37)17-31(19)39-33(41)16-26-20(2)40(32-13-12-25(43-3)15-28(26)32)34(42)22-6-10-24(36)11-7-22/h4-15,17,29H,16H2,1-3H3,(H,39,41)/t29-/m0/s1. The second-order valence-electron chi connectivity index (χ2n) is 10.1. The SMILES string of the molecule is COc1ccc2c(c1)c(CC(=O)Nc1cc(Cl)c([C@@H](C#N)c3ccc(Cl)cc3)cc1C)c(C)n2C(=O)c1ccc(Cl)cc1. The lowest BCUT2D eigenvalue weighted by Crippen LogP contribution is -2.17. The van der Waals surface area contributed by atoms with Crippen LogP contribution < -0.4 is 10.1 Å². The van der Waals surface area contributed by atoms with E-state index in [4.69, 9.17) is 39.5 Å². The van der Waals surface area contributed by atoms with E-state index in [1.807, 2.05) is 32.0 Å². The maximum atomic E-state index is 13.6. The Morgan fingerprint density at radius 2 is 1.58 bits per heavy atom. The topological polar surface area (TPSA) is 84.1 Å². The molecule has 0 radical (unpaired) electrons. The Kier molecular flexibility index (Phi) is 8.79. The molecule has 0 aliphatic carbocycles. The Balaban J connectivity index is 1.46. The fourth-order valence-electron chi connectivity index (χ4n) is 5.19. The third kappa shape index (κ3) is 6.11. The second-order valence-corrected chi connectivity index (χ2v) is 11.4. The molecule has 1 aromatic heterocycles. The highest BCUT2D eigenvalue weighted by Crippen LogP contribution is 2.35. The van der Waals surface area contributed by atoms with E-state index in [2.05, 4.69) is 11.4 Å². The Hall–Kier alpha value is -4.28. The van der Waals surface area contributed by atoms with Crippen molar-refractivity contribution < 1.29 is 14.3 Å². The molecule has 0 fully saturated rings. The molecule has 43 heavy (non-hydrogen) atoms. The first kappa shape index (κ1) is 30.2. The molecule has 0 aliphatic rings. The molecule has 0 unspecified atom stereocenters. The van der Waals surface area contributed by atoms with Gasteiger partial charge in [-0.1, -0.05) is 53.0 Å². The van der Waals surface area contributed by atoms with Crippen molar-refractivity contribution in [3.63, 3.8) is 0 Å². The lowest BCUT2D eigenvalue weighted by atomic mass is 9.91. The number of methoxy groups -OCH3 is 1. The normalized spacial score (nSPS) is 11.7. The number of aromatic nitrogens is 1. The number of fused-ring (bicyclic) bond motifs is 1. The van der Waals surface area contributed by atoms with Crippen LogP contribution >= 0.6 is 34.8 Å². The van der Waals surface area contributed by atoms with Gasteiger partial charge in [-0.25, -0.2) is 0 Å². The lowest BCUT2D eigenvalue weighted by molar-refractivity contribution is -0.115. The van der Waals surface area contributed by atoms with Crippen molar-refractivity contribution in [2.24, 2.45) is 0 Å². The van der Waals surface area contributed by atoms with Gasteiger partial charge >= 0.3 is 0 Å². The molecule has 5 rings (SSSR count). The highest BCUT2D eigenvalue weighted by Gasteiger charge is 2.23. The molecule has 0 bridgehead atoms. The van der Waals surface area contributed by atoms with Gasteiger partial charge in [-0.3, -0.25) is 14.2 Å². The van der Waals surface area contributed by atoms with Crippen LogP contribution in [0.5, 0.6) is 5.75 Å². The summed E-state index contributed by atoms with van der Waals surface area (Å²) in [4.78, 5) is 27.0. The van der Waals surface area contributed by atoms with Crippen LogP contribution in [0.15, 0.2) is 78.9 Å². The Morgan fingerprint density at radius 1 is 0.930 bits per heavy atom.